The molecule has 0 unspecified atom stereocenters. The summed E-state index contributed by atoms with van der Waals surface area (Å²) in [5.74, 6) is 0.195. The van der Waals surface area contributed by atoms with E-state index in [-0.39, 0.29) is 24.3 Å². The van der Waals surface area contributed by atoms with Crippen molar-refractivity contribution >= 4 is 35.4 Å². The Morgan fingerprint density at radius 3 is 2.81 bits per heavy atom. The van der Waals surface area contributed by atoms with Gasteiger partial charge in [0.05, 0.1) is 17.6 Å². The molecule has 0 saturated heterocycles. The maximum Gasteiger partial charge on any atom is 0.280 e. The lowest BCUT2D eigenvalue weighted by Gasteiger charge is -2.31. The summed E-state index contributed by atoms with van der Waals surface area (Å²) in [5, 5.41) is 5.70. The molecule has 0 aromatic carbocycles. The molecule has 26 heavy (non-hydrogen) atoms. The monoisotopic (exact) mass is 361 g/mol. The molecule has 140 valence electrons. The van der Waals surface area contributed by atoms with Crippen molar-refractivity contribution in [2.75, 3.05) is 33.3 Å². The number of ether oxygens (including phenoxy) is 1. The minimum Gasteiger partial charge on any atom is -0.369 e. The topological polar surface area (TPSA) is 124 Å². The Kier molecular flexibility index (Phi) is 5.88. The number of fused-ring (bicyclic) bond motifs is 1. The van der Waals surface area contributed by atoms with Crippen LogP contribution in [0, 0.1) is 0 Å². The smallest absolute Gasteiger partial charge is 0.280 e. The number of methoxy groups -OCH3 is 1. The molecular formula is C16H23N7O3. The number of carbonyl (C=O) groups is 1. The number of nitrogens with one attached hydrogen (secondary N) is 3. The first-order valence-electron chi connectivity index (χ1n) is 7.90. The molecule has 10 heteroatoms. The number of hydrogen-bond acceptors (Lipinski definition) is 7. The highest BCUT2D eigenvalue weighted by Gasteiger charge is 2.30. The molecule has 0 spiro atoms. The average Bonchev–Trinajstić information content (AvgIpc) is 2.55. The van der Waals surface area contributed by atoms with Crippen LogP contribution in [0.4, 0.5) is 17.5 Å². The number of rotatable bonds is 6. The lowest BCUT2D eigenvalue weighted by atomic mass is 9.95. The van der Waals surface area contributed by atoms with Crippen molar-refractivity contribution in [3.05, 3.63) is 22.5 Å². The van der Waals surface area contributed by atoms with Gasteiger partial charge in [0.25, 0.3) is 5.56 Å². The predicted molar refractivity (Wildman–Crippen MR) is 101 cm³/mol. The van der Waals surface area contributed by atoms with E-state index in [0.29, 0.717) is 11.5 Å². The van der Waals surface area contributed by atoms with Crippen LogP contribution in [0.2, 0.25) is 0 Å². The van der Waals surface area contributed by atoms with E-state index < -0.39 is 11.1 Å². The Morgan fingerprint density at radius 2 is 2.15 bits per heavy atom. The van der Waals surface area contributed by atoms with Gasteiger partial charge in [-0.3, -0.25) is 14.6 Å². The van der Waals surface area contributed by atoms with Crippen LogP contribution in [0.25, 0.3) is 0 Å². The molecule has 10 nitrogen and oxygen atoms in total. The summed E-state index contributed by atoms with van der Waals surface area (Å²) >= 11 is 0. The van der Waals surface area contributed by atoms with Gasteiger partial charge < -0.3 is 20.3 Å². The van der Waals surface area contributed by atoms with Crippen molar-refractivity contribution in [3.63, 3.8) is 0 Å². The molecule has 0 bridgehead atoms. The van der Waals surface area contributed by atoms with Crippen LogP contribution >= 0.6 is 0 Å². The van der Waals surface area contributed by atoms with Gasteiger partial charge in [-0.2, -0.15) is 4.98 Å². The van der Waals surface area contributed by atoms with E-state index in [9.17, 15) is 9.59 Å². The number of anilines is 1. The summed E-state index contributed by atoms with van der Waals surface area (Å²) in [6.45, 7) is 3.86. The molecule has 0 fully saturated rings. The van der Waals surface area contributed by atoms with Crippen LogP contribution in [-0.4, -0.2) is 66.3 Å². The van der Waals surface area contributed by atoms with Crippen LogP contribution in [0.5, 0.6) is 0 Å². The zero-order chi connectivity index (χ0) is 19.3. The van der Waals surface area contributed by atoms with Crippen molar-refractivity contribution < 1.29 is 9.53 Å². The third-order valence-electron chi connectivity index (χ3n) is 3.38. The van der Waals surface area contributed by atoms with Crippen LogP contribution in [-0.2, 0) is 9.53 Å². The Balaban J connectivity index is 2.35. The van der Waals surface area contributed by atoms with E-state index in [4.69, 9.17) is 4.74 Å². The fraction of sp³-hybridized carbons (Fsp3) is 0.438. The molecule has 0 saturated carbocycles. The molecule has 1 amide bonds. The maximum atomic E-state index is 12.3. The lowest BCUT2D eigenvalue weighted by molar-refractivity contribution is -0.117. The van der Waals surface area contributed by atoms with Crippen molar-refractivity contribution in [1.82, 2.24) is 20.2 Å². The Morgan fingerprint density at radius 1 is 1.42 bits per heavy atom. The molecule has 2 rings (SSSR count). The van der Waals surface area contributed by atoms with Gasteiger partial charge in [-0.05, 0) is 19.9 Å². The van der Waals surface area contributed by atoms with Gasteiger partial charge in [-0.15, -0.1) is 0 Å². The summed E-state index contributed by atoms with van der Waals surface area (Å²) in [5.41, 5.74) is -0.382. The van der Waals surface area contributed by atoms with Crippen LogP contribution in [0.3, 0.4) is 0 Å². The second-order valence-corrected chi connectivity index (χ2v) is 6.35. The number of H-pyrrole nitrogens is 1. The summed E-state index contributed by atoms with van der Waals surface area (Å²) in [6.07, 6.45) is 4.43. The van der Waals surface area contributed by atoms with E-state index in [1.54, 1.807) is 11.0 Å². The zero-order valence-electron chi connectivity index (χ0n) is 15.5. The number of aromatic amines is 1. The van der Waals surface area contributed by atoms with Crippen molar-refractivity contribution in [3.8, 4) is 0 Å². The van der Waals surface area contributed by atoms with Gasteiger partial charge in [-0.1, -0.05) is 0 Å². The Bertz CT molecular complexity index is 822. The SMILES string of the molecule is COCNC(=O)/C=C/C1=Nc2c(nc(/N=C/N(C)C)[nH]c2=O)NC1(C)C. The molecule has 1 aliphatic heterocycles. The maximum absolute atomic E-state index is 12.3. The first kappa shape index (κ1) is 19.3. The fourth-order valence-electron chi connectivity index (χ4n) is 2.10. The van der Waals surface area contributed by atoms with E-state index in [1.807, 2.05) is 27.9 Å². The van der Waals surface area contributed by atoms with Gasteiger partial charge >= 0.3 is 0 Å². The van der Waals surface area contributed by atoms with Crippen molar-refractivity contribution in [2.24, 2.45) is 9.98 Å². The zero-order valence-corrected chi connectivity index (χ0v) is 15.5. The molecule has 2 heterocycles. The minimum atomic E-state index is -0.631. The van der Waals surface area contributed by atoms with E-state index in [0.717, 1.165) is 0 Å². The summed E-state index contributed by atoms with van der Waals surface area (Å²) in [6, 6.07) is 0. The average molecular weight is 361 g/mol. The number of nitrogens with zero attached hydrogens (tertiary/aromatic N) is 4. The minimum absolute atomic E-state index is 0.111. The van der Waals surface area contributed by atoms with Gasteiger partial charge in [0.2, 0.25) is 11.9 Å². The first-order chi connectivity index (χ1) is 12.2. The molecule has 1 aromatic rings. The molecule has 0 aliphatic carbocycles. The number of carbonyl (C=O) groups excluding carboxylic acids is 1. The largest absolute Gasteiger partial charge is 0.369 e. The van der Waals surface area contributed by atoms with Gasteiger partial charge in [-0.25, -0.2) is 9.98 Å². The van der Waals surface area contributed by atoms with Crippen molar-refractivity contribution in [2.45, 2.75) is 19.4 Å². The molecular weight excluding hydrogens is 338 g/mol. The summed E-state index contributed by atoms with van der Waals surface area (Å²) in [7, 11) is 5.11. The summed E-state index contributed by atoms with van der Waals surface area (Å²) < 4.78 is 4.78. The standard InChI is InChI=1S/C16H23N7O3/c1-16(2)10(6-7-11(24)18-9-26-5)19-12-13(22-16)20-15(21-14(12)25)17-8-23(3)4/h6-8H,9H2,1-5H3,(H,18,24)(H2,20,21,22,25)/b7-6+,17-8+. The van der Waals surface area contributed by atoms with Crippen LogP contribution < -0.4 is 16.2 Å². The highest BCUT2D eigenvalue weighted by Crippen LogP contribution is 2.30. The molecule has 0 radical (unpaired) electrons. The third kappa shape index (κ3) is 4.76. The molecule has 0 atom stereocenters. The lowest BCUT2D eigenvalue weighted by Crippen LogP contribution is -2.42. The van der Waals surface area contributed by atoms with Gasteiger partial charge in [0.1, 0.15) is 6.73 Å². The first-order valence-corrected chi connectivity index (χ1v) is 7.90. The van der Waals surface area contributed by atoms with E-state index in [2.05, 4.69) is 30.6 Å². The predicted octanol–water partition coefficient (Wildman–Crippen LogP) is 0.544. The second kappa shape index (κ2) is 7.91. The van der Waals surface area contributed by atoms with E-state index >= 15 is 0 Å². The van der Waals surface area contributed by atoms with Gasteiger partial charge in [0.15, 0.2) is 11.5 Å². The molecule has 1 aromatic heterocycles. The van der Waals surface area contributed by atoms with Crippen LogP contribution in [0.1, 0.15) is 13.8 Å². The molecule has 3 N–H and O–H groups in total. The Labute approximate surface area is 151 Å². The highest BCUT2D eigenvalue weighted by atomic mass is 16.5. The number of aliphatic imine (C=N–C) groups is 2. The van der Waals surface area contributed by atoms with Crippen LogP contribution in [0.15, 0.2) is 26.9 Å². The second-order valence-electron chi connectivity index (χ2n) is 6.35. The summed E-state index contributed by atoms with van der Waals surface area (Å²) in [4.78, 5) is 41.1. The number of hydrogen-bond donors (Lipinski definition) is 3. The number of aromatic nitrogens is 2. The van der Waals surface area contributed by atoms with E-state index in [1.165, 1.54) is 19.5 Å². The number of amides is 1. The molecule has 1 aliphatic rings. The third-order valence-corrected chi connectivity index (χ3v) is 3.38. The van der Waals surface area contributed by atoms with Gasteiger partial charge in [0, 0.05) is 27.3 Å². The highest BCUT2D eigenvalue weighted by molar-refractivity contribution is 6.10. The quantitative estimate of drug-likeness (QED) is 0.294. The Hall–Kier alpha value is -3.01. The van der Waals surface area contributed by atoms with Crippen molar-refractivity contribution in [1.29, 1.82) is 0 Å². The normalized spacial score (nSPS) is 15.5. The fourth-order valence-corrected chi connectivity index (χ4v) is 2.10.